The predicted molar refractivity (Wildman–Crippen MR) is 119 cm³/mol. The van der Waals surface area contributed by atoms with Gasteiger partial charge >= 0.3 is 0 Å². The molecule has 0 saturated heterocycles. The van der Waals surface area contributed by atoms with Crippen LogP contribution in [0.4, 0.5) is 0 Å². The van der Waals surface area contributed by atoms with Crippen LogP contribution in [-0.2, 0) is 12.3 Å². The average molecular weight is 485 g/mol. The van der Waals surface area contributed by atoms with Gasteiger partial charge in [0, 0.05) is 29.0 Å². The molecule has 0 aliphatic rings. The van der Waals surface area contributed by atoms with Crippen molar-refractivity contribution in [3.63, 3.8) is 0 Å². The van der Waals surface area contributed by atoms with Crippen LogP contribution >= 0.6 is 27.7 Å². The lowest BCUT2D eigenvalue weighted by atomic mass is 10.2. The second-order valence-corrected chi connectivity index (χ2v) is 9.06. The fourth-order valence-corrected chi connectivity index (χ4v) is 4.39. The first kappa shape index (κ1) is 20.4. The third-order valence-corrected chi connectivity index (χ3v) is 5.95. The van der Waals surface area contributed by atoms with Crippen molar-refractivity contribution in [3.05, 3.63) is 66.9 Å². The Hall–Kier alpha value is -2.90. The molecule has 0 amide bonds. The Balaban J connectivity index is 1.76. The van der Waals surface area contributed by atoms with Crippen LogP contribution in [0, 0.1) is 17.2 Å². The van der Waals surface area contributed by atoms with Crippen molar-refractivity contribution >= 4 is 44.2 Å². The molecule has 152 valence electrons. The molecule has 1 aromatic carbocycles. The van der Waals surface area contributed by atoms with E-state index in [-0.39, 0.29) is 22.7 Å². The molecule has 8 nitrogen and oxygen atoms in total. The molecule has 10 heteroatoms. The standard InChI is InChI=1S/C20H17BrN6O2S/c1-11(2)9-26-19(29)15-5-13(21)3-4-16(15)25-20(26)30-10-14-6-17(28)27-18(24-14)12(7-22)8-23-27/h3-6,8,11,23H,9-10H2,1-2H3. The number of benzene rings is 1. The van der Waals surface area contributed by atoms with E-state index in [0.717, 1.165) is 4.47 Å². The van der Waals surface area contributed by atoms with Crippen molar-refractivity contribution < 1.29 is 0 Å². The number of aromatic nitrogens is 5. The van der Waals surface area contributed by atoms with Crippen molar-refractivity contribution in [2.24, 2.45) is 5.92 Å². The highest BCUT2D eigenvalue weighted by Crippen LogP contribution is 2.23. The maximum Gasteiger partial charge on any atom is 0.272 e. The van der Waals surface area contributed by atoms with Gasteiger partial charge in [0.15, 0.2) is 10.8 Å². The zero-order valence-electron chi connectivity index (χ0n) is 16.2. The summed E-state index contributed by atoms with van der Waals surface area (Å²) in [6, 6.07) is 8.87. The Morgan fingerprint density at radius 3 is 2.80 bits per heavy atom. The molecule has 3 aromatic heterocycles. The minimum Gasteiger partial charge on any atom is -0.295 e. The van der Waals surface area contributed by atoms with Crippen LogP contribution in [0.25, 0.3) is 16.6 Å². The van der Waals surface area contributed by atoms with Crippen LogP contribution in [-0.4, -0.2) is 24.1 Å². The van der Waals surface area contributed by atoms with Gasteiger partial charge in [-0.05, 0) is 24.1 Å². The summed E-state index contributed by atoms with van der Waals surface area (Å²) < 4.78 is 3.73. The molecule has 0 aliphatic carbocycles. The van der Waals surface area contributed by atoms with Gasteiger partial charge in [-0.15, -0.1) is 0 Å². The van der Waals surface area contributed by atoms with Crippen molar-refractivity contribution in [2.45, 2.75) is 31.3 Å². The molecular formula is C20H17BrN6O2S. The van der Waals surface area contributed by atoms with Crippen LogP contribution in [0.15, 0.2) is 49.7 Å². The fourth-order valence-electron chi connectivity index (χ4n) is 3.13. The molecule has 0 aliphatic heterocycles. The van der Waals surface area contributed by atoms with Gasteiger partial charge in [0.1, 0.15) is 11.6 Å². The van der Waals surface area contributed by atoms with Crippen LogP contribution in [0.5, 0.6) is 0 Å². The average Bonchev–Trinajstić information content (AvgIpc) is 3.12. The van der Waals surface area contributed by atoms with Crippen molar-refractivity contribution in [1.82, 2.24) is 24.1 Å². The summed E-state index contributed by atoms with van der Waals surface area (Å²) in [5.74, 6) is 0.597. The van der Waals surface area contributed by atoms with E-state index in [0.29, 0.717) is 39.6 Å². The normalized spacial score (nSPS) is 11.4. The van der Waals surface area contributed by atoms with Gasteiger partial charge in [0.05, 0.1) is 16.6 Å². The zero-order chi connectivity index (χ0) is 21.4. The molecule has 0 fully saturated rings. The first-order valence-corrected chi connectivity index (χ1v) is 11.0. The highest BCUT2D eigenvalue weighted by atomic mass is 79.9. The highest BCUT2D eigenvalue weighted by molar-refractivity contribution is 9.10. The number of rotatable bonds is 5. The Bertz CT molecular complexity index is 1430. The minimum absolute atomic E-state index is 0.0987. The number of nitrogens with zero attached hydrogens (tertiary/aromatic N) is 5. The zero-order valence-corrected chi connectivity index (χ0v) is 18.6. The Morgan fingerprint density at radius 2 is 2.07 bits per heavy atom. The van der Waals surface area contributed by atoms with Crippen LogP contribution < -0.4 is 11.1 Å². The van der Waals surface area contributed by atoms with E-state index in [9.17, 15) is 14.9 Å². The number of aromatic amines is 1. The second kappa shape index (κ2) is 8.08. The number of H-pyrrole nitrogens is 1. The predicted octanol–water partition coefficient (Wildman–Crippen LogP) is 3.31. The number of hydrogen-bond donors (Lipinski definition) is 1. The van der Waals surface area contributed by atoms with Gasteiger partial charge in [-0.1, -0.05) is 41.5 Å². The minimum atomic E-state index is -0.298. The summed E-state index contributed by atoms with van der Waals surface area (Å²) in [5, 5.41) is 13.0. The lowest BCUT2D eigenvalue weighted by Gasteiger charge is -2.15. The molecule has 30 heavy (non-hydrogen) atoms. The number of halogens is 1. The van der Waals surface area contributed by atoms with Crippen molar-refractivity contribution in [1.29, 1.82) is 5.26 Å². The van der Waals surface area contributed by atoms with Gasteiger partial charge < -0.3 is 0 Å². The van der Waals surface area contributed by atoms with E-state index in [1.54, 1.807) is 16.7 Å². The molecule has 0 bridgehead atoms. The van der Waals surface area contributed by atoms with E-state index in [1.165, 1.54) is 28.5 Å². The lowest BCUT2D eigenvalue weighted by molar-refractivity contribution is 0.475. The maximum absolute atomic E-state index is 13.1. The second-order valence-electron chi connectivity index (χ2n) is 7.20. The summed E-state index contributed by atoms with van der Waals surface area (Å²) in [6.07, 6.45) is 1.45. The van der Waals surface area contributed by atoms with E-state index < -0.39 is 0 Å². The fraction of sp³-hybridized carbons (Fsp3) is 0.250. The molecule has 4 aromatic rings. The summed E-state index contributed by atoms with van der Waals surface area (Å²) in [6.45, 7) is 4.61. The van der Waals surface area contributed by atoms with E-state index in [1.807, 2.05) is 26.0 Å². The van der Waals surface area contributed by atoms with E-state index in [2.05, 4.69) is 31.0 Å². The first-order valence-electron chi connectivity index (χ1n) is 9.20. The van der Waals surface area contributed by atoms with Gasteiger partial charge in [0.25, 0.3) is 11.1 Å². The molecule has 3 heterocycles. The smallest absolute Gasteiger partial charge is 0.272 e. The van der Waals surface area contributed by atoms with Crippen LogP contribution in [0.3, 0.4) is 0 Å². The van der Waals surface area contributed by atoms with Crippen LogP contribution in [0.1, 0.15) is 25.1 Å². The van der Waals surface area contributed by atoms with E-state index in [4.69, 9.17) is 0 Å². The van der Waals surface area contributed by atoms with Crippen molar-refractivity contribution in [2.75, 3.05) is 0 Å². The summed E-state index contributed by atoms with van der Waals surface area (Å²) >= 11 is 4.76. The molecule has 1 N–H and O–H groups in total. The summed E-state index contributed by atoms with van der Waals surface area (Å²) in [5.41, 5.74) is 1.32. The SMILES string of the molecule is CC(C)Cn1c(SCc2cc(=O)n3[nH]cc(C#N)c3n2)nc2ccc(Br)cc2c1=O. The topological polar surface area (TPSA) is 109 Å². The highest BCUT2D eigenvalue weighted by Gasteiger charge is 2.15. The lowest BCUT2D eigenvalue weighted by Crippen LogP contribution is -2.25. The summed E-state index contributed by atoms with van der Waals surface area (Å²) in [7, 11) is 0. The number of nitriles is 1. The monoisotopic (exact) mass is 484 g/mol. The third-order valence-electron chi connectivity index (χ3n) is 4.45. The third kappa shape index (κ3) is 3.78. The van der Waals surface area contributed by atoms with Gasteiger partial charge in [-0.2, -0.15) is 5.26 Å². The largest absolute Gasteiger partial charge is 0.295 e. The Labute approximate surface area is 183 Å². The molecule has 4 rings (SSSR count). The quantitative estimate of drug-likeness (QED) is 0.343. The van der Waals surface area contributed by atoms with Gasteiger partial charge in [-0.25, -0.2) is 14.5 Å². The number of thioether (sulfide) groups is 1. The van der Waals surface area contributed by atoms with Gasteiger partial charge in [-0.3, -0.25) is 19.3 Å². The molecular weight excluding hydrogens is 468 g/mol. The molecule has 0 spiro atoms. The Kier molecular flexibility index (Phi) is 5.49. The number of nitrogens with one attached hydrogen (secondary N) is 1. The number of fused-ring (bicyclic) bond motifs is 2. The van der Waals surface area contributed by atoms with Crippen molar-refractivity contribution in [3.8, 4) is 6.07 Å². The number of hydrogen-bond acceptors (Lipinski definition) is 6. The maximum atomic E-state index is 13.1. The molecule has 0 saturated carbocycles. The Morgan fingerprint density at radius 1 is 1.27 bits per heavy atom. The molecule has 0 atom stereocenters. The first-order chi connectivity index (χ1) is 14.4. The molecule has 0 unspecified atom stereocenters. The van der Waals surface area contributed by atoms with E-state index >= 15 is 0 Å². The van der Waals surface area contributed by atoms with Gasteiger partial charge in [0.2, 0.25) is 0 Å². The molecule has 0 radical (unpaired) electrons. The van der Waals surface area contributed by atoms with Crippen LogP contribution in [0.2, 0.25) is 0 Å². The summed E-state index contributed by atoms with van der Waals surface area (Å²) in [4.78, 5) is 34.5.